The first kappa shape index (κ1) is 15.0. The van der Waals surface area contributed by atoms with Crippen LogP contribution in [0.1, 0.15) is 29.7 Å². The molecule has 0 saturated heterocycles. The van der Waals surface area contributed by atoms with Gasteiger partial charge in [-0.3, -0.25) is 0 Å². The Morgan fingerprint density at radius 3 is 2.30 bits per heavy atom. The fourth-order valence-corrected chi connectivity index (χ4v) is 2.60. The predicted octanol–water partition coefficient (Wildman–Crippen LogP) is 4.54. The van der Waals surface area contributed by atoms with Gasteiger partial charge in [0.25, 0.3) is 0 Å². The lowest BCUT2D eigenvalue weighted by atomic mass is 9.98. The van der Waals surface area contributed by atoms with Crippen molar-refractivity contribution >= 4 is 11.6 Å². The van der Waals surface area contributed by atoms with E-state index in [1.165, 1.54) is 23.3 Å². The van der Waals surface area contributed by atoms with Crippen LogP contribution in [0.3, 0.4) is 0 Å². The quantitative estimate of drug-likeness (QED) is 0.852. The number of nitrogens with one attached hydrogen (secondary N) is 1. The van der Waals surface area contributed by atoms with E-state index in [1.807, 2.05) is 7.05 Å². The summed E-state index contributed by atoms with van der Waals surface area (Å²) >= 11 is 6.14. The van der Waals surface area contributed by atoms with Gasteiger partial charge in [0.1, 0.15) is 5.82 Å². The lowest BCUT2D eigenvalue weighted by Gasteiger charge is -2.18. The predicted molar refractivity (Wildman–Crippen MR) is 82.7 cm³/mol. The molecule has 3 heteroatoms. The summed E-state index contributed by atoms with van der Waals surface area (Å²) < 4.78 is 13.1. The minimum absolute atomic E-state index is 0.0792. The van der Waals surface area contributed by atoms with Crippen molar-refractivity contribution in [1.82, 2.24) is 5.32 Å². The van der Waals surface area contributed by atoms with E-state index in [4.69, 9.17) is 11.6 Å². The van der Waals surface area contributed by atoms with E-state index in [9.17, 15) is 4.39 Å². The molecule has 1 nitrogen and oxygen atoms in total. The highest BCUT2D eigenvalue weighted by atomic mass is 35.5. The molecule has 0 heterocycles. The van der Waals surface area contributed by atoms with Gasteiger partial charge in [0.2, 0.25) is 0 Å². The molecule has 2 rings (SSSR count). The molecule has 0 aromatic heterocycles. The first-order valence-electron chi connectivity index (χ1n) is 6.84. The average Bonchev–Trinajstić information content (AvgIpc) is 2.46. The summed E-state index contributed by atoms with van der Waals surface area (Å²) in [5.41, 5.74) is 3.49. The zero-order valence-corrected chi connectivity index (χ0v) is 12.5. The summed E-state index contributed by atoms with van der Waals surface area (Å²) in [5, 5.41) is 3.72. The molecule has 1 atom stereocenters. The Hall–Kier alpha value is -1.38. The van der Waals surface area contributed by atoms with Crippen LogP contribution < -0.4 is 5.32 Å². The van der Waals surface area contributed by atoms with Crippen LogP contribution in [-0.4, -0.2) is 7.05 Å². The van der Waals surface area contributed by atoms with E-state index in [1.54, 1.807) is 6.07 Å². The zero-order chi connectivity index (χ0) is 14.5. The molecule has 0 spiro atoms. The van der Waals surface area contributed by atoms with Crippen LogP contribution in [0.2, 0.25) is 5.02 Å². The monoisotopic (exact) mass is 291 g/mol. The molecule has 0 fully saturated rings. The van der Waals surface area contributed by atoms with Crippen molar-refractivity contribution in [3.05, 3.63) is 70.0 Å². The second-order valence-corrected chi connectivity index (χ2v) is 5.29. The molecule has 0 aliphatic carbocycles. The summed E-state index contributed by atoms with van der Waals surface area (Å²) in [5.74, 6) is -0.305. The lowest BCUT2D eigenvalue weighted by molar-refractivity contribution is 0.586. The zero-order valence-electron chi connectivity index (χ0n) is 11.8. The van der Waals surface area contributed by atoms with E-state index in [0.717, 1.165) is 18.4 Å². The SMILES string of the molecule is CCc1ccc(CC(NC)c2ccc(F)cc2Cl)cc1. The minimum Gasteiger partial charge on any atom is -0.313 e. The number of hydrogen-bond donors (Lipinski definition) is 1. The van der Waals surface area contributed by atoms with Crippen molar-refractivity contribution in [2.45, 2.75) is 25.8 Å². The Kier molecular flexibility index (Phi) is 5.16. The number of aryl methyl sites for hydroxylation is 1. The van der Waals surface area contributed by atoms with Gasteiger partial charge >= 0.3 is 0 Å². The fourth-order valence-electron chi connectivity index (χ4n) is 2.30. The maximum Gasteiger partial charge on any atom is 0.124 e. The largest absolute Gasteiger partial charge is 0.313 e. The van der Waals surface area contributed by atoms with Crippen LogP contribution in [0, 0.1) is 5.82 Å². The standard InChI is InChI=1S/C17H19ClFN/c1-3-12-4-6-13(7-5-12)10-17(20-2)15-9-8-14(19)11-16(15)18/h4-9,11,17,20H,3,10H2,1-2H3. The Morgan fingerprint density at radius 1 is 1.10 bits per heavy atom. The second kappa shape index (κ2) is 6.87. The smallest absolute Gasteiger partial charge is 0.124 e. The molecule has 2 aromatic carbocycles. The average molecular weight is 292 g/mol. The third-order valence-electron chi connectivity index (χ3n) is 3.56. The molecule has 0 radical (unpaired) electrons. The summed E-state index contributed by atoms with van der Waals surface area (Å²) in [6.45, 7) is 2.14. The maximum absolute atomic E-state index is 13.1. The molecule has 0 aliphatic heterocycles. The van der Waals surface area contributed by atoms with Gasteiger partial charge in [-0.25, -0.2) is 4.39 Å². The Balaban J connectivity index is 2.19. The van der Waals surface area contributed by atoms with Gasteiger partial charge < -0.3 is 5.32 Å². The van der Waals surface area contributed by atoms with Gasteiger partial charge in [0.05, 0.1) is 0 Å². The molecule has 1 unspecified atom stereocenters. The van der Waals surface area contributed by atoms with Crippen LogP contribution in [-0.2, 0) is 12.8 Å². The van der Waals surface area contributed by atoms with Crippen LogP contribution in [0.15, 0.2) is 42.5 Å². The molecular weight excluding hydrogens is 273 g/mol. The summed E-state index contributed by atoms with van der Waals surface area (Å²) in [6.07, 6.45) is 1.87. The highest BCUT2D eigenvalue weighted by Gasteiger charge is 2.14. The highest BCUT2D eigenvalue weighted by molar-refractivity contribution is 6.31. The van der Waals surface area contributed by atoms with Crippen LogP contribution in [0.4, 0.5) is 4.39 Å². The van der Waals surface area contributed by atoms with E-state index in [0.29, 0.717) is 5.02 Å². The summed E-state index contributed by atoms with van der Waals surface area (Å²) in [4.78, 5) is 0. The van der Waals surface area contributed by atoms with Crippen molar-refractivity contribution in [1.29, 1.82) is 0 Å². The fraction of sp³-hybridized carbons (Fsp3) is 0.294. The Morgan fingerprint density at radius 2 is 1.75 bits per heavy atom. The van der Waals surface area contributed by atoms with Crippen LogP contribution in [0.25, 0.3) is 0 Å². The van der Waals surface area contributed by atoms with Crippen molar-refractivity contribution in [3.8, 4) is 0 Å². The van der Waals surface area contributed by atoms with Gasteiger partial charge in [-0.1, -0.05) is 48.9 Å². The maximum atomic E-state index is 13.1. The lowest BCUT2D eigenvalue weighted by Crippen LogP contribution is -2.19. The Labute approximate surface area is 124 Å². The van der Waals surface area contributed by atoms with E-state index in [-0.39, 0.29) is 11.9 Å². The molecule has 1 N–H and O–H groups in total. The van der Waals surface area contributed by atoms with E-state index < -0.39 is 0 Å². The van der Waals surface area contributed by atoms with Crippen LogP contribution >= 0.6 is 11.6 Å². The first-order chi connectivity index (χ1) is 9.63. The van der Waals surface area contributed by atoms with E-state index in [2.05, 4.69) is 36.5 Å². The normalized spacial score (nSPS) is 12.4. The molecule has 2 aromatic rings. The van der Waals surface area contributed by atoms with Crippen molar-refractivity contribution < 1.29 is 4.39 Å². The molecule has 0 amide bonds. The van der Waals surface area contributed by atoms with Gasteiger partial charge in [-0.2, -0.15) is 0 Å². The molecule has 106 valence electrons. The summed E-state index contributed by atoms with van der Waals surface area (Å²) in [7, 11) is 1.89. The third-order valence-corrected chi connectivity index (χ3v) is 3.88. The number of benzene rings is 2. The van der Waals surface area contributed by atoms with Crippen molar-refractivity contribution in [3.63, 3.8) is 0 Å². The molecule has 0 aliphatic rings. The number of halogens is 2. The minimum atomic E-state index is -0.305. The van der Waals surface area contributed by atoms with Gasteiger partial charge in [0.15, 0.2) is 0 Å². The van der Waals surface area contributed by atoms with Gasteiger partial charge in [0, 0.05) is 11.1 Å². The van der Waals surface area contributed by atoms with Gasteiger partial charge in [-0.15, -0.1) is 0 Å². The number of hydrogen-bond acceptors (Lipinski definition) is 1. The topological polar surface area (TPSA) is 12.0 Å². The third kappa shape index (κ3) is 3.59. The molecular formula is C17H19ClFN. The molecule has 20 heavy (non-hydrogen) atoms. The van der Waals surface area contributed by atoms with Crippen LogP contribution in [0.5, 0.6) is 0 Å². The Bertz CT molecular complexity index is 566. The van der Waals surface area contributed by atoms with Crippen molar-refractivity contribution in [2.75, 3.05) is 7.05 Å². The second-order valence-electron chi connectivity index (χ2n) is 4.88. The number of likely N-dealkylation sites (N-methyl/N-ethyl adjacent to an activating group) is 1. The first-order valence-corrected chi connectivity index (χ1v) is 7.22. The van der Waals surface area contributed by atoms with Gasteiger partial charge in [-0.05, 0) is 48.7 Å². The van der Waals surface area contributed by atoms with E-state index >= 15 is 0 Å². The summed E-state index contributed by atoms with van der Waals surface area (Å²) in [6, 6.07) is 13.2. The molecule has 0 saturated carbocycles. The number of rotatable bonds is 5. The highest BCUT2D eigenvalue weighted by Crippen LogP contribution is 2.26. The molecule has 0 bridgehead atoms. The van der Waals surface area contributed by atoms with Crippen molar-refractivity contribution in [2.24, 2.45) is 0 Å².